The molecular weight excluding hydrogens is 344 g/mol. The van der Waals surface area contributed by atoms with E-state index in [1.54, 1.807) is 4.31 Å². The molecule has 0 atom stereocenters. The van der Waals surface area contributed by atoms with E-state index in [-0.39, 0.29) is 5.75 Å². The summed E-state index contributed by atoms with van der Waals surface area (Å²) in [6.07, 6.45) is 0. The molecule has 1 saturated heterocycles. The molecule has 1 fully saturated rings. The van der Waals surface area contributed by atoms with E-state index in [1.807, 2.05) is 49.3 Å². The largest absolute Gasteiger partial charge is 0.361 e. The Balaban J connectivity index is 1.82. The first kappa shape index (κ1) is 19.1. The second kappa shape index (κ2) is 8.75. The highest BCUT2D eigenvalue weighted by molar-refractivity contribution is 7.88. The molecule has 1 aliphatic rings. The third-order valence-corrected chi connectivity index (χ3v) is 6.20. The quantitative estimate of drug-likeness (QED) is 0.739. The fraction of sp³-hybridized carbons (Fsp3) is 0.562. The van der Waals surface area contributed by atoms with Crippen LogP contribution in [0, 0.1) is 0 Å². The molecule has 1 heterocycles. The first-order valence-corrected chi connectivity index (χ1v) is 10.1. The van der Waals surface area contributed by atoms with Crippen LogP contribution in [-0.4, -0.2) is 81.0 Å². The molecule has 8 heteroatoms. The summed E-state index contributed by atoms with van der Waals surface area (Å²) < 4.78 is 26.6. The first-order chi connectivity index (χ1) is 11.4. The van der Waals surface area contributed by atoms with Crippen molar-refractivity contribution in [1.82, 2.24) is 19.4 Å². The van der Waals surface area contributed by atoms with Crippen LogP contribution in [-0.2, 0) is 15.8 Å². The van der Waals surface area contributed by atoms with Gasteiger partial charge in [0, 0.05) is 39.3 Å². The van der Waals surface area contributed by atoms with Gasteiger partial charge in [0.1, 0.15) is 0 Å². The molecule has 0 aromatic heterocycles. The predicted molar refractivity (Wildman–Crippen MR) is 101 cm³/mol. The molecule has 0 spiro atoms. The number of likely N-dealkylation sites (N-methyl/N-ethyl adjacent to an activating group) is 1. The molecule has 1 aromatic carbocycles. The van der Waals surface area contributed by atoms with Gasteiger partial charge in [-0.2, -0.15) is 4.31 Å². The number of benzene rings is 1. The Morgan fingerprint density at radius 2 is 1.79 bits per heavy atom. The van der Waals surface area contributed by atoms with Gasteiger partial charge >= 0.3 is 0 Å². The second-order valence-electron chi connectivity index (χ2n) is 6.16. The lowest BCUT2D eigenvalue weighted by molar-refractivity contribution is 0.263. The van der Waals surface area contributed by atoms with E-state index in [4.69, 9.17) is 12.2 Å². The molecule has 0 unspecified atom stereocenters. The Labute approximate surface area is 150 Å². The van der Waals surface area contributed by atoms with E-state index >= 15 is 0 Å². The van der Waals surface area contributed by atoms with Crippen molar-refractivity contribution in [2.75, 3.05) is 53.4 Å². The van der Waals surface area contributed by atoms with Crippen LogP contribution < -0.4 is 5.32 Å². The number of thiocarbonyl (C=S) groups is 1. The van der Waals surface area contributed by atoms with E-state index in [0.717, 1.165) is 18.7 Å². The van der Waals surface area contributed by atoms with E-state index in [9.17, 15) is 8.42 Å². The molecule has 0 bridgehead atoms. The fourth-order valence-electron chi connectivity index (χ4n) is 2.54. The highest BCUT2D eigenvalue weighted by Gasteiger charge is 2.27. The molecule has 2 rings (SSSR count). The van der Waals surface area contributed by atoms with Gasteiger partial charge in [-0.1, -0.05) is 30.3 Å². The average Bonchev–Trinajstić information content (AvgIpc) is 2.55. The number of rotatable bonds is 6. The molecule has 6 nitrogen and oxygen atoms in total. The first-order valence-electron chi connectivity index (χ1n) is 8.08. The maximum atomic E-state index is 12.5. The summed E-state index contributed by atoms with van der Waals surface area (Å²) >= 11 is 5.39. The van der Waals surface area contributed by atoms with Gasteiger partial charge in [-0.25, -0.2) is 8.42 Å². The maximum Gasteiger partial charge on any atom is 0.218 e. The molecular formula is C16H26N4O2S2. The van der Waals surface area contributed by atoms with E-state index in [2.05, 4.69) is 10.2 Å². The number of sulfonamides is 1. The number of nitrogens with one attached hydrogen (secondary N) is 1. The van der Waals surface area contributed by atoms with Crippen LogP contribution in [0.25, 0.3) is 0 Å². The summed E-state index contributed by atoms with van der Waals surface area (Å²) in [5, 5.41) is 3.93. The fourth-order valence-corrected chi connectivity index (χ4v) is 4.34. The molecule has 1 N–H and O–H groups in total. The van der Waals surface area contributed by atoms with Crippen molar-refractivity contribution in [3.63, 3.8) is 0 Å². The third-order valence-electron chi connectivity index (χ3n) is 3.95. The SMILES string of the molecule is CN(C)CCNC(=S)N1CCN(S(=O)(=O)Cc2ccccc2)CC1. The van der Waals surface area contributed by atoms with Gasteiger partial charge in [-0.15, -0.1) is 0 Å². The smallest absolute Gasteiger partial charge is 0.218 e. The van der Waals surface area contributed by atoms with Crippen LogP contribution in [0.1, 0.15) is 5.56 Å². The van der Waals surface area contributed by atoms with E-state index < -0.39 is 10.0 Å². The van der Waals surface area contributed by atoms with Crippen LogP contribution in [0.4, 0.5) is 0 Å². The van der Waals surface area contributed by atoms with Crippen molar-refractivity contribution >= 4 is 27.4 Å². The molecule has 1 aliphatic heterocycles. The summed E-state index contributed by atoms with van der Waals surface area (Å²) in [6, 6.07) is 9.30. The van der Waals surface area contributed by atoms with Crippen LogP contribution in [0.2, 0.25) is 0 Å². The van der Waals surface area contributed by atoms with Gasteiger partial charge in [0.2, 0.25) is 10.0 Å². The minimum Gasteiger partial charge on any atom is -0.361 e. The van der Waals surface area contributed by atoms with Crippen LogP contribution in [0.5, 0.6) is 0 Å². The Morgan fingerprint density at radius 3 is 2.38 bits per heavy atom. The van der Waals surface area contributed by atoms with Crippen molar-refractivity contribution in [3.05, 3.63) is 35.9 Å². The van der Waals surface area contributed by atoms with E-state index in [1.165, 1.54) is 0 Å². The van der Waals surface area contributed by atoms with Gasteiger partial charge in [-0.3, -0.25) is 0 Å². The maximum absolute atomic E-state index is 12.5. The zero-order valence-electron chi connectivity index (χ0n) is 14.3. The minimum absolute atomic E-state index is 0.0549. The summed E-state index contributed by atoms with van der Waals surface area (Å²) in [5.74, 6) is 0.0549. The van der Waals surface area contributed by atoms with Crippen molar-refractivity contribution in [3.8, 4) is 0 Å². The molecule has 0 radical (unpaired) electrons. The summed E-state index contributed by atoms with van der Waals surface area (Å²) in [7, 11) is 0.753. The number of nitrogens with zero attached hydrogens (tertiary/aromatic N) is 3. The zero-order valence-corrected chi connectivity index (χ0v) is 15.9. The highest BCUT2D eigenvalue weighted by Crippen LogP contribution is 2.13. The van der Waals surface area contributed by atoms with Crippen molar-refractivity contribution in [2.24, 2.45) is 0 Å². The predicted octanol–water partition coefficient (Wildman–Crippen LogP) is 0.570. The average molecular weight is 371 g/mol. The second-order valence-corrected chi connectivity index (χ2v) is 8.52. The Morgan fingerprint density at radius 1 is 1.17 bits per heavy atom. The summed E-state index contributed by atoms with van der Waals surface area (Å²) in [5.41, 5.74) is 0.820. The summed E-state index contributed by atoms with van der Waals surface area (Å²) in [4.78, 5) is 4.13. The zero-order chi connectivity index (χ0) is 17.6. The molecule has 134 valence electrons. The van der Waals surface area contributed by atoms with Crippen molar-refractivity contribution < 1.29 is 8.42 Å². The molecule has 24 heavy (non-hydrogen) atoms. The standard InChI is InChI=1S/C16H26N4O2S2/c1-18(2)9-8-17-16(23)19-10-12-20(13-11-19)24(21,22)14-15-6-4-3-5-7-15/h3-7H,8-14H2,1-2H3,(H,17,23). The van der Waals surface area contributed by atoms with Gasteiger partial charge in [0.25, 0.3) is 0 Å². The van der Waals surface area contributed by atoms with E-state index in [0.29, 0.717) is 31.3 Å². The van der Waals surface area contributed by atoms with Gasteiger partial charge in [0.05, 0.1) is 5.75 Å². The number of hydrogen-bond donors (Lipinski definition) is 1. The van der Waals surface area contributed by atoms with Crippen LogP contribution >= 0.6 is 12.2 Å². The normalized spacial score (nSPS) is 16.4. The minimum atomic E-state index is -3.28. The van der Waals surface area contributed by atoms with Gasteiger partial charge in [-0.05, 0) is 31.9 Å². The monoisotopic (exact) mass is 370 g/mol. The van der Waals surface area contributed by atoms with Crippen molar-refractivity contribution in [1.29, 1.82) is 0 Å². The highest BCUT2D eigenvalue weighted by atomic mass is 32.2. The van der Waals surface area contributed by atoms with Crippen LogP contribution in [0.3, 0.4) is 0 Å². The molecule has 0 aliphatic carbocycles. The van der Waals surface area contributed by atoms with Gasteiger partial charge < -0.3 is 15.1 Å². The van der Waals surface area contributed by atoms with Crippen LogP contribution in [0.15, 0.2) is 30.3 Å². The topological polar surface area (TPSA) is 55.9 Å². The lowest BCUT2D eigenvalue weighted by Crippen LogP contribution is -2.53. The lowest BCUT2D eigenvalue weighted by Gasteiger charge is -2.35. The lowest BCUT2D eigenvalue weighted by atomic mass is 10.2. The Hall–Kier alpha value is -1.22. The Kier molecular flexibility index (Phi) is 6.97. The number of hydrogen-bond acceptors (Lipinski definition) is 4. The summed E-state index contributed by atoms with van der Waals surface area (Å²) in [6.45, 7) is 3.91. The van der Waals surface area contributed by atoms with Crippen molar-refractivity contribution in [2.45, 2.75) is 5.75 Å². The molecule has 0 saturated carbocycles. The molecule has 1 aromatic rings. The third kappa shape index (κ3) is 5.70. The molecule has 0 amide bonds. The van der Waals surface area contributed by atoms with Gasteiger partial charge in [0.15, 0.2) is 5.11 Å². The Bertz CT molecular complexity index is 627. The number of piperazine rings is 1.